The second-order valence-corrected chi connectivity index (χ2v) is 6.26. The summed E-state index contributed by atoms with van der Waals surface area (Å²) in [5.41, 5.74) is 14.6. The Balaban J connectivity index is 1.88. The SMILES string of the molecule is CCCCCNc1nc(N)c2nc(O)n(Cc3ccc(CN)cc3)c2n1. The van der Waals surface area contributed by atoms with Crippen LogP contribution >= 0.6 is 0 Å². The first kappa shape index (κ1) is 17.9. The first-order valence-corrected chi connectivity index (χ1v) is 8.86. The van der Waals surface area contributed by atoms with E-state index in [1.54, 1.807) is 4.57 Å². The van der Waals surface area contributed by atoms with E-state index in [1.807, 2.05) is 24.3 Å². The average molecular weight is 355 g/mol. The Morgan fingerprint density at radius 3 is 2.50 bits per heavy atom. The summed E-state index contributed by atoms with van der Waals surface area (Å²) in [4.78, 5) is 12.9. The molecular weight excluding hydrogens is 330 g/mol. The van der Waals surface area contributed by atoms with Crippen LogP contribution in [0.2, 0.25) is 0 Å². The molecule has 0 atom stereocenters. The van der Waals surface area contributed by atoms with Crippen LogP contribution in [0.1, 0.15) is 37.3 Å². The third kappa shape index (κ3) is 3.85. The van der Waals surface area contributed by atoms with Gasteiger partial charge in [0.15, 0.2) is 17.0 Å². The van der Waals surface area contributed by atoms with Gasteiger partial charge in [0.2, 0.25) is 5.95 Å². The van der Waals surface area contributed by atoms with Crippen LogP contribution in [0.5, 0.6) is 6.01 Å². The number of anilines is 2. The van der Waals surface area contributed by atoms with Crippen LogP contribution in [-0.2, 0) is 13.1 Å². The summed E-state index contributed by atoms with van der Waals surface area (Å²) in [5.74, 6) is 0.700. The molecule has 0 saturated heterocycles. The third-order valence-corrected chi connectivity index (χ3v) is 4.26. The van der Waals surface area contributed by atoms with Crippen LogP contribution in [0.15, 0.2) is 24.3 Å². The van der Waals surface area contributed by atoms with Gasteiger partial charge in [0.1, 0.15) is 0 Å². The van der Waals surface area contributed by atoms with Crippen molar-refractivity contribution in [3.05, 3.63) is 35.4 Å². The van der Waals surface area contributed by atoms with Gasteiger partial charge in [0.05, 0.1) is 6.54 Å². The minimum absolute atomic E-state index is 0.132. The molecule has 0 spiro atoms. The van der Waals surface area contributed by atoms with Crippen molar-refractivity contribution in [2.45, 2.75) is 39.3 Å². The van der Waals surface area contributed by atoms with Gasteiger partial charge in [-0.05, 0) is 17.5 Å². The summed E-state index contributed by atoms with van der Waals surface area (Å²) in [6.07, 6.45) is 3.32. The van der Waals surface area contributed by atoms with Crippen LogP contribution in [0.25, 0.3) is 11.2 Å². The fourth-order valence-corrected chi connectivity index (χ4v) is 2.77. The Hall–Kier alpha value is -2.87. The summed E-state index contributed by atoms with van der Waals surface area (Å²) >= 11 is 0. The number of rotatable bonds is 8. The Kier molecular flexibility index (Phi) is 5.52. The molecule has 0 unspecified atom stereocenters. The first-order valence-electron chi connectivity index (χ1n) is 8.86. The number of imidazole rings is 1. The van der Waals surface area contributed by atoms with Crippen molar-refractivity contribution >= 4 is 22.9 Å². The summed E-state index contributed by atoms with van der Waals surface area (Å²) in [5, 5.41) is 13.4. The molecule has 0 aliphatic carbocycles. The van der Waals surface area contributed by atoms with Crippen molar-refractivity contribution in [2.24, 2.45) is 5.73 Å². The molecule has 6 N–H and O–H groups in total. The smallest absolute Gasteiger partial charge is 0.296 e. The minimum atomic E-state index is -0.132. The van der Waals surface area contributed by atoms with Crippen molar-refractivity contribution in [1.82, 2.24) is 19.5 Å². The number of benzene rings is 1. The van der Waals surface area contributed by atoms with Gasteiger partial charge in [-0.3, -0.25) is 4.57 Å². The molecular formula is C18H25N7O. The number of nitrogens with one attached hydrogen (secondary N) is 1. The van der Waals surface area contributed by atoms with E-state index in [4.69, 9.17) is 11.5 Å². The Morgan fingerprint density at radius 2 is 1.81 bits per heavy atom. The lowest BCUT2D eigenvalue weighted by atomic mass is 10.1. The largest absolute Gasteiger partial charge is 0.480 e. The maximum atomic E-state index is 10.2. The summed E-state index contributed by atoms with van der Waals surface area (Å²) in [7, 11) is 0. The standard InChI is InChI=1S/C18H25N7O/c1-2-3-4-9-21-17-23-15(20)14-16(24-17)25(18(26)22-14)11-13-7-5-12(10-19)6-8-13/h5-8H,2-4,9-11,19H2,1H3,(H,22,26)(H3,20,21,23,24). The molecule has 138 valence electrons. The van der Waals surface area contributed by atoms with Crippen LogP contribution < -0.4 is 16.8 Å². The molecule has 1 aromatic carbocycles. The quantitative estimate of drug-likeness (QED) is 0.456. The number of fused-ring (bicyclic) bond motifs is 1. The number of aromatic hydroxyl groups is 1. The molecule has 2 heterocycles. The molecule has 0 amide bonds. The number of nitrogens with zero attached hydrogens (tertiary/aromatic N) is 4. The van der Waals surface area contributed by atoms with Crippen LogP contribution in [0.3, 0.4) is 0 Å². The highest BCUT2D eigenvalue weighted by atomic mass is 16.3. The lowest BCUT2D eigenvalue weighted by molar-refractivity contribution is 0.408. The number of hydrogen-bond acceptors (Lipinski definition) is 7. The van der Waals surface area contributed by atoms with Crippen molar-refractivity contribution in [3.63, 3.8) is 0 Å². The normalized spacial score (nSPS) is 11.2. The van der Waals surface area contributed by atoms with Gasteiger partial charge in [-0.1, -0.05) is 44.0 Å². The maximum absolute atomic E-state index is 10.2. The molecule has 3 aromatic rings. The van der Waals surface area contributed by atoms with Gasteiger partial charge in [0.25, 0.3) is 6.01 Å². The molecule has 3 rings (SSSR count). The van der Waals surface area contributed by atoms with E-state index in [-0.39, 0.29) is 11.8 Å². The van der Waals surface area contributed by atoms with Crippen molar-refractivity contribution < 1.29 is 5.11 Å². The Labute approximate surface area is 152 Å². The van der Waals surface area contributed by atoms with Crippen molar-refractivity contribution in [1.29, 1.82) is 0 Å². The van der Waals surface area contributed by atoms with E-state index in [2.05, 4.69) is 27.2 Å². The second-order valence-electron chi connectivity index (χ2n) is 6.26. The van der Waals surface area contributed by atoms with Crippen molar-refractivity contribution in [3.8, 4) is 6.01 Å². The van der Waals surface area contributed by atoms with Gasteiger partial charge in [0, 0.05) is 13.1 Å². The zero-order valence-electron chi connectivity index (χ0n) is 14.9. The lowest BCUT2D eigenvalue weighted by Crippen LogP contribution is -2.09. The zero-order valence-corrected chi connectivity index (χ0v) is 14.9. The van der Waals surface area contributed by atoms with E-state index >= 15 is 0 Å². The Bertz CT molecular complexity index is 873. The van der Waals surface area contributed by atoms with E-state index in [0.717, 1.165) is 36.9 Å². The molecule has 0 bridgehead atoms. The molecule has 8 nitrogen and oxygen atoms in total. The minimum Gasteiger partial charge on any atom is -0.480 e. The molecule has 0 saturated carbocycles. The number of nitrogen functional groups attached to an aromatic ring is 1. The number of aromatic nitrogens is 4. The first-order chi connectivity index (χ1) is 12.6. The predicted molar refractivity (Wildman–Crippen MR) is 103 cm³/mol. The summed E-state index contributed by atoms with van der Waals surface area (Å²) < 4.78 is 1.63. The molecule has 0 fully saturated rings. The van der Waals surface area contributed by atoms with E-state index in [0.29, 0.717) is 30.2 Å². The van der Waals surface area contributed by atoms with Crippen molar-refractivity contribution in [2.75, 3.05) is 17.6 Å². The summed E-state index contributed by atoms with van der Waals surface area (Å²) in [6.45, 7) is 3.86. The number of hydrogen-bond donors (Lipinski definition) is 4. The summed E-state index contributed by atoms with van der Waals surface area (Å²) in [6, 6.07) is 7.75. The maximum Gasteiger partial charge on any atom is 0.296 e. The second kappa shape index (κ2) is 8.01. The Morgan fingerprint density at radius 1 is 1.08 bits per heavy atom. The molecule has 0 radical (unpaired) electrons. The predicted octanol–water partition coefficient (Wildman–Crippen LogP) is 2.22. The molecule has 8 heteroatoms. The molecule has 2 aromatic heterocycles. The van der Waals surface area contributed by atoms with E-state index in [1.165, 1.54) is 0 Å². The van der Waals surface area contributed by atoms with Gasteiger partial charge < -0.3 is 21.9 Å². The van der Waals surface area contributed by atoms with E-state index in [9.17, 15) is 5.11 Å². The van der Waals surface area contributed by atoms with Crippen LogP contribution in [-0.4, -0.2) is 31.2 Å². The van der Waals surface area contributed by atoms with Gasteiger partial charge in [-0.15, -0.1) is 0 Å². The molecule has 26 heavy (non-hydrogen) atoms. The lowest BCUT2D eigenvalue weighted by Gasteiger charge is -2.08. The highest BCUT2D eigenvalue weighted by Gasteiger charge is 2.16. The zero-order chi connectivity index (χ0) is 18.5. The van der Waals surface area contributed by atoms with Gasteiger partial charge in [-0.25, -0.2) is 0 Å². The highest BCUT2D eigenvalue weighted by molar-refractivity contribution is 5.84. The number of unbranched alkanes of at least 4 members (excludes halogenated alkanes) is 2. The molecule has 0 aliphatic rings. The van der Waals surface area contributed by atoms with Crippen LogP contribution in [0.4, 0.5) is 11.8 Å². The van der Waals surface area contributed by atoms with Gasteiger partial charge >= 0.3 is 0 Å². The number of nitrogens with two attached hydrogens (primary N) is 2. The monoisotopic (exact) mass is 355 g/mol. The molecule has 0 aliphatic heterocycles. The fraction of sp³-hybridized carbons (Fsp3) is 0.389. The topological polar surface area (TPSA) is 128 Å². The van der Waals surface area contributed by atoms with Crippen LogP contribution in [0, 0.1) is 0 Å². The third-order valence-electron chi connectivity index (χ3n) is 4.26. The average Bonchev–Trinajstić information content (AvgIpc) is 2.96. The van der Waals surface area contributed by atoms with Gasteiger partial charge in [-0.2, -0.15) is 15.0 Å². The fourth-order valence-electron chi connectivity index (χ4n) is 2.77. The highest BCUT2D eigenvalue weighted by Crippen LogP contribution is 2.25. The van der Waals surface area contributed by atoms with E-state index < -0.39 is 0 Å².